The van der Waals surface area contributed by atoms with Gasteiger partial charge in [-0.1, -0.05) is 0 Å². The third kappa shape index (κ3) is 2.59. The summed E-state index contributed by atoms with van der Waals surface area (Å²) < 4.78 is 6.94. The van der Waals surface area contributed by atoms with Gasteiger partial charge in [-0.2, -0.15) is 0 Å². The molecule has 2 heterocycles. The van der Waals surface area contributed by atoms with E-state index in [1.54, 1.807) is 7.11 Å². The zero-order chi connectivity index (χ0) is 12.3. The number of aryl methyl sites for hydroxylation is 2. The lowest BCUT2D eigenvalue weighted by atomic mass is 10.3. The van der Waals surface area contributed by atoms with Gasteiger partial charge in [-0.15, -0.1) is 10.2 Å². The SMILES string of the molecule is COCCNCc1nnc2nc(C)cc(C)n12. The minimum atomic E-state index is 0.658. The normalized spacial score (nSPS) is 11.2. The molecule has 0 aliphatic rings. The van der Waals surface area contributed by atoms with Crippen molar-refractivity contribution in [1.29, 1.82) is 0 Å². The standard InChI is InChI=1S/C11H17N5O/c1-8-6-9(2)16-10(7-12-4-5-17-3)14-15-11(16)13-8/h6,12H,4-5,7H2,1-3H3. The lowest BCUT2D eigenvalue weighted by molar-refractivity contribution is 0.199. The lowest BCUT2D eigenvalue weighted by Crippen LogP contribution is -2.20. The molecule has 2 aromatic heterocycles. The summed E-state index contributed by atoms with van der Waals surface area (Å²) in [5.41, 5.74) is 2.06. The van der Waals surface area contributed by atoms with Crippen molar-refractivity contribution in [2.75, 3.05) is 20.3 Å². The van der Waals surface area contributed by atoms with E-state index in [4.69, 9.17) is 4.74 Å². The molecule has 0 unspecified atom stereocenters. The highest BCUT2D eigenvalue weighted by atomic mass is 16.5. The van der Waals surface area contributed by atoms with Crippen LogP contribution in [0.2, 0.25) is 0 Å². The molecule has 2 rings (SSSR count). The van der Waals surface area contributed by atoms with Crippen molar-refractivity contribution >= 4 is 5.78 Å². The fourth-order valence-electron chi connectivity index (χ4n) is 1.79. The van der Waals surface area contributed by atoms with Crippen molar-refractivity contribution in [3.05, 3.63) is 23.3 Å². The highest BCUT2D eigenvalue weighted by Crippen LogP contribution is 2.07. The van der Waals surface area contributed by atoms with Crippen molar-refractivity contribution in [2.45, 2.75) is 20.4 Å². The number of aromatic nitrogens is 4. The van der Waals surface area contributed by atoms with Crippen LogP contribution in [-0.2, 0) is 11.3 Å². The Bertz CT molecular complexity index is 508. The highest BCUT2D eigenvalue weighted by Gasteiger charge is 2.08. The predicted octanol–water partition coefficient (Wildman–Crippen LogP) is 0.477. The molecule has 0 saturated heterocycles. The van der Waals surface area contributed by atoms with Gasteiger partial charge in [0.1, 0.15) is 0 Å². The molecule has 92 valence electrons. The Balaban J connectivity index is 2.18. The van der Waals surface area contributed by atoms with Crippen LogP contribution < -0.4 is 5.32 Å². The van der Waals surface area contributed by atoms with E-state index in [1.165, 1.54) is 0 Å². The molecule has 0 fully saturated rings. The van der Waals surface area contributed by atoms with Crippen molar-refractivity contribution in [3.63, 3.8) is 0 Å². The fourth-order valence-corrected chi connectivity index (χ4v) is 1.79. The van der Waals surface area contributed by atoms with Crippen LogP contribution in [0.15, 0.2) is 6.07 Å². The number of ether oxygens (including phenoxy) is 1. The summed E-state index contributed by atoms with van der Waals surface area (Å²) in [7, 11) is 1.69. The Morgan fingerprint density at radius 3 is 2.94 bits per heavy atom. The molecule has 0 bridgehead atoms. The fraction of sp³-hybridized carbons (Fsp3) is 0.545. The van der Waals surface area contributed by atoms with Crippen LogP contribution in [0, 0.1) is 13.8 Å². The van der Waals surface area contributed by atoms with Crippen LogP contribution in [-0.4, -0.2) is 39.8 Å². The molecular weight excluding hydrogens is 218 g/mol. The number of nitrogens with one attached hydrogen (secondary N) is 1. The molecule has 0 spiro atoms. The Morgan fingerprint density at radius 2 is 2.18 bits per heavy atom. The van der Waals surface area contributed by atoms with Gasteiger partial charge in [0, 0.05) is 25.0 Å². The Hall–Kier alpha value is -1.53. The maximum atomic E-state index is 4.97. The van der Waals surface area contributed by atoms with E-state index in [0.717, 1.165) is 23.8 Å². The molecule has 0 amide bonds. The summed E-state index contributed by atoms with van der Waals surface area (Å²) in [5.74, 6) is 1.53. The van der Waals surface area contributed by atoms with Crippen LogP contribution >= 0.6 is 0 Å². The Labute approximate surface area is 100 Å². The van der Waals surface area contributed by atoms with Gasteiger partial charge in [0.2, 0.25) is 0 Å². The van der Waals surface area contributed by atoms with Crippen LogP contribution in [0.5, 0.6) is 0 Å². The number of fused-ring (bicyclic) bond motifs is 1. The number of methoxy groups -OCH3 is 1. The van der Waals surface area contributed by atoms with Gasteiger partial charge in [-0.3, -0.25) is 4.40 Å². The second-order valence-corrected chi connectivity index (χ2v) is 3.96. The quantitative estimate of drug-likeness (QED) is 0.763. The molecule has 6 nitrogen and oxygen atoms in total. The average molecular weight is 235 g/mol. The summed E-state index contributed by atoms with van der Waals surface area (Å²) in [6, 6.07) is 2.02. The molecule has 0 aliphatic carbocycles. The molecule has 6 heteroatoms. The number of nitrogens with zero attached hydrogens (tertiary/aromatic N) is 4. The lowest BCUT2D eigenvalue weighted by Gasteiger charge is -2.05. The first kappa shape index (κ1) is 11.9. The monoisotopic (exact) mass is 235 g/mol. The minimum absolute atomic E-state index is 0.658. The summed E-state index contributed by atoms with van der Waals surface area (Å²) in [4.78, 5) is 4.34. The summed E-state index contributed by atoms with van der Waals surface area (Å²) >= 11 is 0. The third-order valence-electron chi connectivity index (χ3n) is 2.53. The number of hydrogen-bond donors (Lipinski definition) is 1. The number of hydrogen-bond acceptors (Lipinski definition) is 5. The zero-order valence-electron chi connectivity index (χ0n) is 10.4. The highest BCUT2D eigenvalue weighted by molar-refractivity contribution is 5.32. The van der Waals surface area contributed by atoms with Crippen molar-refractivity contribution in [2.24, 2.45) is 0 Å². The molecule has 0 atom stereocenters. The van der Waals surface area contributed by atoms with E-state index in [9.17, 15) is 0 Å². The second-order valence-electron chi connectivity index (χ2n) is 3.96. The van der Waals surface area contributed by atoms with Gasteiger partial charge < -0.3 is 10.1 Å². The minimum Gasteiger partial charge on any atom is -0.383 e. The molecule has 2 aromatic rings. The predicted molar refractivity (Wildman–Crippen MR) is 63.8 cm³/mol. The molecule has 1 N–H and O–H groups in total. The van der Waals surface area contributed by atoms with Crippen molar-refractivity contribution < 1.29 is 4.74 Å². The van der Waals surface area contributed by atoms with E-state index in [1.807, 2.05) is 24.3 Å². The first-order chi connectivity index (χ1) is 8.22. The third-order valence-corrected chi connectivity index (χ3v) is 2.53. The van der Waals surface area contributed by atoms with Crippen LogP contribution in [0.4, 0.5) is 0 Å². The van der Waals surface area contributed by atoms with E-state index in [0.29, 0.717) is 18.9 Å². The first-order valence-corrected chi connectivity index (χ1v) is 5.60. The molecule has 0 aliphatic heterocycles. The van der Waals surface area contributed by atoms with Crippen LogP contribution in [0.25, 0.3) is 5.78 Å². The summed E-state index contributed by atoms with van der Waals surface area (Å²) in [6.07, 6.45) is 0. The summed E-state index contributed by atoms with van der Waals surface area (Å²) in [6.45, 7) is 6.13. The van der Waals surface area contributed by atoms with Crippen molar-refractivity contribution in [3.8, 4) is 0 Å². The van der Waals surface area contributed by atoms with E-state index >= 15 is 0 Å². The molecule has 0 aromatic carbocycles. The van der Waals surface area contributed by atoms with Gasteiger partial charge in [-0.05, 0) is 19.9 Å². The maximum absolute atomic E-state index is 4.97. The van der Waals surface area contributed by atoms with Crippen molar-refractivity contribution in [1.82, 2.24) is 24.9 Å². The molecular formula is C11H17N5O. The van der Waals surface area contributed by atoms with Crippen LogP contribution in [0.3, 0.4) is 0 Å². The second kappa shape index (κ2) is 5.20. The smallest absolute Gasteiger partial charge is 0.255 e. The summed E-state index contributed by atoms with van der Waals surface area (Å²) in [5, 5.41) is 11.5. The van der Waals surface area contributed by atoms with E-state index in [-0.39, 0.29) is 0 Å². The van der Waals surface area contributed by atoms with Crippen LogP contribution in [0.1, 0.15) is 17.2 Å². The Kier molecular flexibility index (Phi) is 3.65. The van der Waals surface area contributed by atoms with Gasteiger partial charge in [0.25, 0.3) is 5.78 Å². The topological polar surface area (TPSA) is 64.3 Å². The largest absolute Gasteiger partial charge is 0.383 e. The first-order valence-electron chi connectivity index (χ1n) is 5.60. The maximum Gasteiger partial charge on any atom is 0.255 e. The van der Waals surface area contributed by atoms with E-state index in [2.05, 4.69) is 20.5 Å². The Morgan fingerprint density at radius 1 is 1.35 bits per heavy atom. The molecule has 17 heavy (non-hydrogen) atoms. The van der Waals surface area contributed by atoms with E-state index < -0.39 is 0 Å². The molecule has 0 saturated carbocycles. The van der Waals surface area contributed by atoms with Gasteiger partial charge in [0.05, 0.1) is 13.2 Å². The zero-order valence-corrected chi connectivity index (χ0v) is 10.4. The number of rotatable bonds is 5. The van der Waals surface area contributed by atoms with Gasteiger partial charge in [-0.25, -0.2) is 4.98 Å². The van der Waals surface area contributed by atoms with Gasteiger partial charge >= 0.3 is 0 Å². The molecule has 0 radical (unpaired) electrons. The van der Waals surface area contributed by atoms with Gasteiger partial charge in [0.15, 0.2) is 5.82 Å². The average Bonchev–Trinajstić information content (AvgIpc) is 2.68.